The van der Waals surface area contributed by atoms with E-state index in [1.54, 1.807) is 25.6 Å². The molecule has 120 valence electrons. The molecule has 1 heterocycles. The minimum atomic E-state index is 0.453. The molecule has 6 heteroatoms. The Morgan fingerprint density at radius 1 is 1.18 bits per heavy atom. The Hall–Kier alpha value is -1.63. The van der Waals surface area contributed by atoms with Gasteiger partial charge in [-0.25, -0.2) is 4.98 Å². The highest BCUT2D eigenvalue weighted by Gasteiger charge is 2.06. The minimum absolute atomic E-state index is 0.453. The van der Waals surface area contributed by atoms with Gasteiger partial charge < -0.3 is 19.5 Å². The summed E-state index contributed by atoms with van der Waals surface area (Å²) in [5.74, 6) is 1.47. The van der Waals surface area contributed by atoms with Crippen LogP contribution >= 0.6 is 11.3 Å². The van der Waals surface area contributed by atoms with Gasteiger partial charge in [-0.05, 0) is 25.1 Å². The Morgan fingerprint density at radius 2 is 2.00 bits per heavy atom. The number of nitrogens with one attached hydrogen (secondary N) is 1. The summed E-state index contributed by atoms with van der Waals surface area (Å²) in [4.78, 5) is 4.56. The third kappa shape index (κ3) is 5.29. The van der Waals surface area contributed by atoms with E-state index in [2.05, 4.69) is 15.7 Å². The molecule has 0 saturated heterocycles. The van der Waals surface area contributed by atoms with Gasteiger partial charge in [-0.15, -0.1) is 11.3 Å². The molecule has 0 aliphatic heterocycles. The van der Waals surface area contributed by atoms with Crippen molar-refractivity contribution in [3.63, 3.8) is 0 Å². The van der Waals surface area contributed by atoms with Gasteiger partial charge in [0.15, 0.2) is 11.5 Å². The monoisotopic (exact) mass is 322 g/mol. The Balaban J connectivity index is 1.77. The van der Waals surface area contributed by atoms with E-state index in [0.717, 1.165) is 48.3 Å². The van der Waals surface area contributed by atoms with Crippen LogP contribution < -0.4 is 14.8 Å². The smallest absolute Gasteiger partial charge is 0.161 e. The van der Waals surface area contributed by atoms with E-state index in [9.17, 15) is 0 Å². The van der Waals surface area contributed by atoms with Crippen LogP contribution in [0.15, 0.2) is 29.6 Å². The fourth-order valence-electron chi connectivity index (χ4n) is 1.93. The number of hydrogen-bond donors (Lipinski definition) is 1. The second-order valence-electron chi connectivity index (χ2n) is 4.70. The lowest BCUT2D eigenvalue weighted by atomic mass is 10.3. The maximum atomic E-state index is 5.77. The number of nitrogens with zero attached hydrogens (tertiary/aromatic N) is 1. The lowest BCUT2D eigenvalue weighted by Gasteiger charge is -2.08. The van der Waals surface area contributed by atoms with Gasteiger partial charge in [-0.3, -0.25) is 0 Å². The van der Waals surface area contributed by atoms with Gasteiger partial charge in [0.1, 0.15) is 11.6 Å². The Morgan fingerprint density at radius 3 is 2.77 bits per heavy atom. The van der Waals surface area contributed by atoms with Crippen LogP contribution in [0.1, 0.15) is 17.1 Å². The quantitative estimate of drug-likeness (QED) is 0.682. The van der Waals surface area contributed by atoms with Crippen molar-refractivity contribution >= 4 is 11.3 Å². The van der Waals surface area contributed by atoms with Crippen molar-refractivity contribution in [1.29, 1.82) is 0 Å². The molecule has 0 radical (unpaired) electrons. The van der Waals surface area contributed by atoms with Crippen LogP contribution in [0.2, 0.25) is 0 Å². The zero-order chi connectivity index (χ0) is 15.6. The van der Waals surface area contributed by atoms with Crippen molar-refractivity contribution in [3.8, 4) is 11.5 Å². The molecule has 1 N–H and O–H groups in total. The molecule has 0 spiro atoms. The second-order valence-corrected chi connectivity index (χ2v) is 5.64. The van der Waals surface area contributed by atoms with Crippen LogP contribution in [0.3, 0.4) is 0 Å². The Labute approximate surface area is 135 Å². The van der Waals surface area contributed by atoms with Crippen molar-refractivity contribution in [2.75, 3.05) is 27.4 Å². The lowest BCUT2D eigenvalue weighted by molar-refractivity contribution is 0.194. The third-order valence-corrected chi connectivity index (χ3v) is 3.90. The predicted molar refractivity (Wildman–Crippen MR) is 87.6 cm³/mol. The molecule has 5 nitrogen and oxygen atoms in total. The van der Waals surface area contributed by atoms with Crippen molar-refractivity contribution in [2.24, 2.45) is 0 Å². The van der Waals surface area contributed by atoms with Gasteiger partial charge in [0, 0.05) is 25.6 Å². The van der Waals surface area contributed by atoms with Crippen molar-refractivity contribution in [2.45, 2.75) is 19.6 Å². The topological polar surface area (TPSA) is 52.6 Å². The van der Waals surface area contributed by atoms with Gasteiger partial charge in [0.2, 0.25) is 0 Å². The lowest BCUT2D eigenvalue weighted by Crippen LogP contribution is -2.16. The van der Waals surface area contributed by atoms with Crippen molar-refractivity contribution in [1.82, 2.24) is 10.3 Å². The van der Waals surface area contributed by atoms with E-state index in [1.165, 1.54) is 0 Å². The first-order chi connectivity index (χ1) is 10.8. The predicted octanol–water partition coefficient (Wildman–Crippen LogP) is 2.86. The molecule has 0 atom stereocenters. The van der Waals surface area contributed by atoms with Gasteiger partial charge in [-0.2, -0.15) is 0 Å². The van der Waals surface area contributed by atoms with E-state index in [1.807, 2.05) is 24.3 Å². The minimum Gasteiger partial charge on any atom is -0.493 e. The van der Waals surface area contributed by atoms with E-state index in [-0.39, 0.29) is 0 Å². The Kier molecular flexibility index (Phi) is 7.15. The molecular formula is C16H22N2O3S. The fraction of sp³-hybridized carbons (Fsp3) is 0.438. The maximum absolute atomic E-state index is 5.77. The Bertz CT molecular complexity index is 560. The first kappa shape index (κ1) is 16.7. The SMILES string of the molecule is COCCCNCc1csc(COc2ccccc2OC)n1. The second kappa shape index (κ2) is 9.40. The molecule has 0 unspecified atom stereocenters. The van der Waals surface area contributed by atoms with Crippen LogP contribution in [0.25, 0.3) is 0 Å². The molecule has 0 aliphatic carbocycles. The maximum Gasteiger partial charge on any atom is 0.161 e. The van der Waals surface area contributed by atoms with Crippen molar-refractivity contribution < 1.29 is 14.2 Å². The number of thiazole rings is 1. The first-order valence-corrected chi connectivity index (χ1v) is 8.10. The summed E-state index contributed by atoms with van der Waals surface area (Å²) < 4.78 is 16.0. The zero-order valence-electron chi connectivity index (χ0n) is 13.0. The third-order valence-electron chi connectivity index (χ3n) is 3.03. The van der Waals surface area contributed by atoms with E-state index in [0.29, 0.717) is 6.61 Å². The van der Waals surface area contributed by atoms with Crippen LogP contribution in [0.5, 0.6) is 11.5 Å². The number of benzene rings is 1. The highest BCUT2D eigenvalue weighted by Crippen LogP contribution is 2.26. The molecule has 2 rings (SSSR count). The van der Waals surface area contributed by atoms with Crippen LogP contribution in [-0.2, 0) is 17.9 Å². The summed E-state index contributed by atoms with van der Waals surface area (Å²) in [7, 11) is 3.35. The molecule has 22 heavy (non-hydrogen) atoms. The van der Waals surface area contributed by atoms with Gasteiger partial charge in [-0.1, -0.05) is 12.1 Å². The normalized spacial score (nSPS) is 10.6. The van der Waals surface area contributed by atoms with Gasteiger partial charge in [0.05, 0.1) is 12.8 Å². The van der Waals surface area contributed by atoms with E-state index >= 15 is 0 Å². The number of para-hydroxylation sites is 2. The molecule has 0 bridgehead atoms. The highest BCUT2D eigenvalue weighted by molar-refractivity contribution is 7.09. The number of ether oxygens (including phenoxy) is 3. The molecular weight excluding hydrogens is 300 g/mol. The van der Waals surface area contributed by atoms with Gasteiger partial charge >= 0.3 is 0 Å². The average Bonchev–Trinajstić information content (AvgIpc) is 3.01. The number of methoxy groups -OCH3 is 2. The van der Waals surface area contributed by atoms with Crippen molar-refractivity contribution in [3.05, 3.63) is 40.3 Å². The number of hydrogen-bond acceptors (Lipinski definition) is 6. The molecule has 2 aromatic rings. The first-order valence-electron chi connectivity index (χ1n) is 7.22. The number of rotatable bonds is 10. The molecule has 0 aliphatic rings. The highest BCUT2D eigenvalue weighted by atomic mass is 32.1. The van der Waals surface area contributed by atoms with Crippen LogP contribution in [0.4, 0.5) is 0 Å². The molecule has 1 aromatic heterocycles. The summed E-state index contributed by atoms with van der Waals surface area (Å²) in [6.07, 6.45) is 1.00. The molecule has 1 aromatic carbocycles. The summed E-state index contributed by atoms with van der Waals surface area (Å²) in [5.41, 5.74) is 1.04. The molecule has 0 amide bonds. The van der Waals surface area contributed by atoms with E-state index < -0.39 is 0 Å². The summed E-state index contributed by atoms with van der Waals surface area (Å²) >= 11 is 1.61. The standard InChI is InChI=1S/C16H22N2O3S/c1-19-9-5-8-17-10-13-12-22-16(18-13)11-21-15-7-4-3-6-14(15)20-2/h3-4,6-7,12,17H,5,8-11H2,1-2H3. The number of aromatic nitrogens is 1. The molecule has 0 saturated carbocycles. The summed E-state index contributed by atoms with van der Waals surface area (Å²) in [6, 6.07) is 7.62. The largest absolute Gasteiger partial charge is 0.493 e. The summed E-state index contributed by atoms with van der Waals surface area (Å²) in [6.45, 7) is 2.93. The summed E-state index contributed by atoms with van der Waals surface area (Å²) in [5, 5.41) is 6.36. The van der Waals surface area contributed by atoms with Crippen LogP contribution in [0, 0.1) is 0 Å². The van der Waals surface area contributed by atoms with E-state index in [4.69, 9.17) is 14.2 Å². The average molecular weight is 322 g/mol. The molecule has 0 fully saturated rings. The van der Waals surface area contributed by atoms with Gasteiger partial charge in [0.25, 0.3) is 0 Å². The fourth-order valence-corrected chi connectivity index (χ4v) is 2.64. The zero-order valence-corrected chi connectivity index (χ0v) is 13.8. The van der Waals surface area contributed by atoms with Crippen LogP contribution in [-0.4, -0.2) is 32.4 Å².